The molecule has 1 aromatic rings. The van der Waals surface area contributed by atoms with E-state index in [1.807, 2.05) is 0 Å². The molecule has 0 heterocycles. The summed E-state index contributed by atoms with van der Waals surface area (Å²) in [7, 11) is 0. The molecule has 6 heteroatoms. The fraction of sp³-hybridized carbons (Fsp3) is 0.533. The lowest BCUT2D eigenvalue weighted by molar-refractivity contribution is -0.143. The topological polar surface area (TPSA) is 85.2 Å². The maximum atomic E-state index is 11.2. The second-order valence-corrected chi connectivity index (χ2v) is 4.56. The highest BCUT2D eigenvalue weighted by atomic mass is 16.5. The van der Waals surface area contributed by atoms with Gasteiger partial charge < -0.3 is 14.6 Å². The third-order valence-electron chi connectivity index (χ3n) is 2.98. The Labute approximate surface area is 124 Å². The Kier molecular flexibility index (Phi) is 7.39. The van der Waals surface area contributed by atoms with Gasteiger partial charge in [0.1, 0.15) is 11.8 Å². The summed E-state index contributed by atoms with van der Waals surface area (Å²) in [6.07, 6.45) is 0.838. The predicted molar refractivity (Wildman–Crippen MR) is 77.9 cm³/mol. The van der Waals surface area contributed by atoms with Crippen molar-refractivity contribution < 1.29 is 19.4 Å². The second-order valence-electron chi connectivity index (χ2n) is 4.56. The van der Waals surface area contributed by atoms with Gasteiger partial charge >= 0.3 is 5.97 Å². The lowest BCUT2D eigenvalue weighted by atomic mass is 10.1. The minimum Gasteiger partial charge on any atom is -0.493 e. The van der Waals surface area contributed by atoms with Crippen LogP contribution in [-0.4, -0.2) is 24.3 Å². The minimum absolute atomic E-state index is 0.188. The molecule has 0 saturated heterocycles. The number of hydrogen-bond acceptors (Lipinski definition) is 6. The van der Waals surface area contributed by atoms with Crippen LogP contribution in [0, 0.1) is 4.91 Å². The van der Waals surface area contributed by atoms with Crippen LogP contribution in [0.1, 0.15) is 43.9 Å². The van der Waals surface area contributed by atoms with Crippen LogP contribution in [-0.2, 0) is 16.1 Å². The van der Waals surface area contributed by atoms with E-state index in [1.165, 1.54) is 0 Å². The highest BCUT2D eigenvalue weighted by Gasteiger charge is 2.10. The van der Waals surface area contributed by atoms with Crippen LogP contribution in [0.15, 0.2) is 23.4 Å². The SMILES string of the molecule is CCOC(=O)CCCOc1ccc(C(C)N=O)cc1CO. The molecule has 1 unspecified atom stereocenters. The first-order valence-electron chi connectivity index (χ1n) is 6.96. The number of esters is 1. The molecule has 0 spiro atoms. The van der Waals surface area contributed by atoms with E-state index in [0.717, 1.165) is 5.56 Å². The number of carbonyl (C=O) groups excluding carboxylic acids is 1. The van der Waals surface area contributed by atoms with Gasteiger partial charge in [0.25, 0.3) is 0 Å². The number of nitroso groups, excluding NO2 is 1. The molecule has 0 bridgehead atoms. The molecular weight excluding hydrogens is 274 g/mol. The summed E-state index contributed by atoms with van der Waals surface area (Å²) in [5.41, 5.74) is 1.33. The van der Waals surface area contributed by atoms with Crippen molar-refractivity contribution in [3.05, 3.63) is 34.2 Å². The number of benzene rings is 1. The number of aliphatic hydroxyl groups is 1. The number of ether oxygens (including phenoxy) is 2. The summed E-state index contributed by atoms with van der Waals surface area (Å²) in [5.74, 6) is 0.299. The fourth-order valence-corrected chi connectivity index (χ4v) is 1.82. The van der Waals surface area contributed by atoms with Gasteiger partial charge in [-0.2, -0.15) is 4.91 Å². The molecule has 0 radical (unpaired) electrons. The van der Waals surface area contributed by atoms with Crippen LogP contribution >= 0.6 is 0 Å². The van der Waals surface area contributed by atoms with Crippen LogP contribution in [0.2, 0.25) is 0 Å². The van der Waals surface area contributed by atoms with Crippen molar-refractivity contribution in [1.29, 1.82) is 0 Å². The first-order valence-corrected chi connectivity index (χ1v) is 6.96. The number of carbonyl (C=O) groups is 1. The molecule has 0 amide bonds. The van der Waals surface area contributed by atoms with E-state index in [1.54, 1.807) is 32.0 Å². The van der Waals surface area contributed by atoms with Crippen molar-refractivity contribution >= 4 is 5.97 Å². The molecule has 116 valence electrons. The van der Waals surface area contributed by atoms with Crippen molar-refractivity contribution in [1.82, 2.24) is 0 Å². The Hall–Kier alpha value is -1.95. The average Bonchev–Trinajstić information content (AvgIpc) is 2.51. The van der Waals surface area contributed by atoms with E-state index < -0.39 is 6.04 Å². The van der Waals surface area contributed by atoms with Crippen molar-refractivity contribution in [2.45, 2.75) is 39.3 Å². The largest absolute Gasteiger partial charge is 0.493 e. The molecule has 0 aliphatic rings. The zero-order valence-electron chi connectivity index (χ0n) is 12.4. The van der Waals surface area contributed by atoms with Crippen LogP contribution < -0.4 is 4.74 Å². The first-order chi connectivity index (χ1) is 10.1. The van der Waals surface area contributed by atoms with Crippen molar-refractivity contribution in [3.8, 4) is 5.75 Å². The Morgan fingerprint density at radius 3 is 2.81 bits per heavy atom. The molecule has 0 aliphatic heterocycles. The van der Waals surface area contributed by atoms with E-state index >= 15 is 0 Å². The zero-order valence-corrected chi connectivity index (χ0v) is 12.4. The summed E-state index contributed by atoms with van der Waals surface area (Å²) in [6.45, 7) is 3.99. The lowest BCUT2D eigenvalue weighted by Crippen LogP contribution is -2.07. The van der Waals surface area contributed by atoms with E-state index in [2.05, 4.69) is 5.18 Å². The Balaban J connectivity index is 2.55. The lowest BCUT2D eigenvalue weighted by Gasteiger charge is -2.12. The van der Waals surface area contributed by atoms with Gasteiger partial charge in [-0.3, -0.25) is 4.79 Å². The van der Waals surface area contributed by atoms with Gasteiger partial charge in [0.2, 0.25) is 0 Å². The molecule has 1 aromatic carbocycles. The van der Waals surface area contributed by atoms with E-state index in [-0.39, 0.29) is 12.6 Å². The van der Waals surface area contributed by atoms with Gasteiger partial charge in [-0.25, -0.2) is 0 Å². The zero-order chi connectivity index (χ0) is 15.7. The van der Waals surface area contributed by atoms with Gasteiger partial charge in [-0.15, -0.1) is 0 Å². The van der Waals surface area contributed by atoms with E-state index in [4.69, 9.17) is 9.47 Å². The first kappa shape index (κ1) is 17.1. The van der Waals surface area contributed by atoms with Crippen LogP contribution in [0.4, 0.5) is 0 Å². The standard InChI is InChI=1S/C15H21NO5/c1-3-20-15(18)5-4-8-21-14-7-6-12(11(2)16-19)9-13(14)10-17/h6-7,9,11,17H,3-5,8,10H2,1-2H3. The second kappa shape index (κ2) is 9.07. The fourth-order valence-electron chi connectivity index (χ4n) is 1.82. The molecule has 0 aliphatic carbocycles. The molecule has 0 fully saturated rings. The van der Waals surface area contributed by atoms with Crippen LogP contribution in [0.5, 0.6) is 5.75 Å². The summed E-state index contributed by atoms with van der Waals surface area (Å²) < 4.78 is 10.4. The highest BCUT2D eigenvalue weighted by molar-refractivity contribution is 5.69. The maximum Gasteiger partial charge on any atom is 0.305 e. The Bertz CT molecular complexity index is 475. The molecule has 1 rings (SSSR count). The Morgan fingerprint density at radius 2 is 2.19 bits per heavy atom. The maximum absolute atomic E-state index is 11.2. The molecular formula is C15H21NO5. The van der Waals surface area contributed by atoms with Gasteiger partial charge in [-0.1, -0.05) is 11.2 Å². The van der Waals surface area contributed by atoms with Crippen molar-refractivity contribution in [3.63, 3.8) is 0 Å². The third kappa shape index (κ3) is 5.51. The molecule has 6 nitrogen and oxygen atoms in total. The molecule has 1 N–H and O–H groups in total. The van der Waals surface area contributed by atoms with Gasteiger partial charge in [0.05, 0.1) is 19.8 Å². The summed E-state index contributed by atoms with van der Waals surface area (Å²) in [6, 6.07) is 4.68. The van der Waals surface area contributed by atoms with Gasteiger partial charge in [-0.05, 0) is 38.0 Å². The summed E-state index contributed by atoms with van der Waals surface area (Å²) in [5, 5.41) is 12.3. The third-order valence-corrected chi connectivity index (χ3v) is 2.98. The van der Waals surface area contributed by atoms with E-state index in [9.17, 15) is 14.8 Å². The van der Waals surface area contributed by atoms with E-state index in [0.29, 0.717) is 37.4 Å². The molecule has 1 atom stereocenters. The number of nitrogens with zero attached hydrogens (tertiary/aromatic N) is 1. The van der Waals surface area contributed by atoms with Crippen molar-refractivity contribution in [2.24, 2.45) is 5.18 Å². The smallest absolute Gasteiger partial charge is 0.305 e. The normalized spacial score (nSPS) is 11.8. The van der Waals surface area contributed by atoms with Crippen molar-refractivity contribution in [2.75, 3.05) is 13.2 Å². The number of rotatable bonds is 9. The monoisotopic (exact) mass is 295 g/mol. The highest BCUT2D eigenvalue weighted by Crippen LogP contribution is 2.25. The summed E-state index contributed by atoms with van der Waals surface area (Å²) >= 11 is 0. The quantitative estimate of drug-likeness (QED) is 0.430. The minimum atomic E-state index is -0.465. The number of aliphatic hydroxyl groups excluding tert-OH is 1. The summed E-state index contributed by atoms with van der Waals surface area (Å²) in [4.78, 5) is 21.7. The molecule has 21 heavy (non-hydrogen) atoms. The predicted octanol–water partition coefficient (Wildman–Crippen LogP) is 2.73. The van der Waals surface area contributed by atoms with Gasteiger partial charge in [0.15, 0.2) is 0 Å². The van der Waals surface area contributed by atoms with Crippen LogP contribution in [0.3, 0.4) is 0 Å². The van der Waals surface area contributed by atoms with Crippen LogP contribution in [0.25, 0.3) is 0 Å². The number of hydrogen-bond donors (Lipinski definition) is 1. The average molecular weight is 295 g/mol. The van der Waals surface area contributed by atoms with Gasteiger partial charge in [0, 0.05) is 12.0 Å². The molecule has 0 saturated carbocycles. The molecule has 0 aromatic heterocycles. The Morgan fingerprint density at radius 1 is 1.43 bits per heavy atom.